The number of furan rings is 2. The largest absolute Gasteiger partial charge is 0.455 e. The molecule has 0 aliphatic carbocycles. The molecule has 0 unspecified atom stereocenters. The molecule has 0 fully saturated rings. The van der Waals surface area contributed by atoms with Gasteiger partial charge in [0.05, 0.1) is 38.5 Å². The fourth-order valence-corrected chi connectivity index (χ4v) is 9.10. The predicted octanol–water partition coefficient (Wildman–Crippen LogP) is 13.2. The lowest BCUT2D eigenvalue weighted by Gasteiger charge is -2.15. The van der Waals surface area contributed by atoms with Crippen LogP contribution in [-0.2, 0) is 0 Å². The molecule has 0 saturated carbocycles. The second-order valence-corrected chi connectivity index (χ2v) is 14.7. The fourth-order valence-electron chi connectivity index (χ4n) is 9.10. The van der Waals surface area contributed by atoms with E-state index in [4.69, 9.17) is 23.8 Å². The minimum Gasteiger partial charge on any atom is -0.455 e. The van der Waals surface area contributed by atoms with Crippen LogP contribution in [0.1, 0.15) is 0 Å². The molecule has 0 aliphatic heterocycles. The second-order valence-electron chi connectivity index (χ2n) is 14.7. The van der Waals surface area contributed by atoms with Crippen LogP contribution in [0.4, 0.5) is 0 Å². The van der Waals surface area contributed by atoms with Crippen molar-refractivity contribution < 1.29 is 8.83 Å². The van der Waals surface area contributed by atoms with Crippen molar-refractivity contribution in [2.45, 2.75) is 0 Å². The first-order chi connectivity index (χ1) is 28.8. The predicted molar refractivity (Wildman–Crippen MR) is 234 cm³/mol. The third-order valence-electron chi connectivity index (χ3n) is 11.6. The Bertz CT molecular complexity index is 3810. The molecule has 0 bridgehead atoms. The van der Waals surface area contributed by atoms with Crippen LogP contribution in [0, 0.1) is 0 Å². The third kappa shape index (κ3) is 4.30. The zero-order chi connectivity index (χ0) is 37.9. The van der Waals surface area contributed by atoms with Gasteiger partial charge in [-0.05, 0) is 60.7 Å². The van der Waals surface area contributed by atoms with Crippen LogP contribution in [0.2, 0.25) is 0 Å². The van der Waals surface area contributed by atoms with Gasteiger partial charge in [-0.2, -0.15) is 9.97 Å². The number of hydrogen-bond acceptors (Lipinski definition) is 5. The van der Waals surface area contributed by atoms with Crippen LogP contribution < -0.4 is 0 Å². The Morgan fingerprint density at radius 1 is 0.345 bits per heavy atom. The molecule has 0 N–H and O–H groups in total. The van der Waals surface area contributed by atoms with Gasteiger partial charge in [0, 0.05) is 43.4 Å². The summed E-state index contributed by atoms with van der Waals surface area (Å²) in [5, 5.41) is 8.64. The van der Waals surface area contributed by atoms with Gasteiger partial charge in [-0.3, -0.25) is 4.57 Å². The van der Waals surface area contributed by atoms with Crippen molar-refractivity contribution >= 4 is 87.5 Å². The molecule has 0 atom stereocenters. The third-order valence-corrected chi connectivity index (χ3v) is 11.6. The van der Waals surface area contributed by atoms with Gasteiger partial charge in [-0.15, -0.1) is 0 Å². The van der Waals surface area contributed by atoms with Crippen LogP contribution in [0.3, 0.4) is 0 Å². The molecule has 270 valence electrons. The molecule has 13 aromatic rings. The van der Waals surface area contributed by atoms with Crippen LogP contribution >= 0.6 is 0 Å². The van der Waals surface area contributed by atoms with Crippen molar-refractivity contribution in [1.29, 1.82) is 0 Å². The molecule has 0 saturated heterocycles. The molecule has 7 heteroatoms. The molecule has 7 nitrogen and oxygen atoms in total. The standard InChI is InChI=1S/C51H29N5O2/c1-2-14-30(15-3-1)49-52-50(54-51(53-49)56-39-22-10-5-19-36(39)46-42(56)29-27-34-32-17-8-13-25-44(32)58-48(34)46)37-20-6-11-23-40(37)55-38-21-9-4-18-35(38)45-41(55)28-26-33-31-16-7-12-24-43(31)57-47(33)45/h1-29H. The molecule has 58 heavy (non-hydrogen) atoms. The van der Waals surface area contributed by atoms with Crippen LogP contribution in [0.25, 0.3) is 122 Å². The molecular weight excluding hydrogens is 715 g/mol. The Labute approximate surface area is 329 Å². The average molecular weight is 744 g/mol. The molecule has 0 spiro atoms. The monoisotopic (exact) mass is 743 g/mol. The molecule has 5 heterocycles. The Balaban J connectivity index is 1.10. The van der Waals surface area contributed by atoms with E-state index in [0.717, 1.165) is 104 Å². The first kappa shape index (κ1) is 31.2. The van der Waals surface area contributed by atoms with E-state index in [1.807, 2.05) is 54.6 Å². The van der Waals surface area contributed by atoms with Crippen LogP contribution in [0.15, 0.2) is 185 Å². The Hall–Kier alpha value is -8.03. The highest BCUT2D eigenvalue weighted by Crippen LogP contribution is 2.43. The van der Waals surface area contributed by atoms with Gasteiger partial charge in [0.15, 0.2) is 11.6 Å². The van der Waals surface area contributed by atoms with E-state index in [1.165, 1.54) is 0 Å². The van der Waals surface area contributed by atoms with Crippen LogP contribution in [0.5, 0.6) is 0 Å². The van der Waals surface area contributed by atoms with E-state index in [0.29, 0.717) is 17.6 Å². The lowest BCUT2D eigenvalue weighted by Crippen LogP contribution is -2.07. The lowest BCUT2D eigenvalue weighted by atomic mass is 10.1. The van der Waals surface area contributed by atoms with Crippen molar-refractivity contribution in [2.24, 2.45) is 0 Å². The molecule has 0 amide bonds. The maximum absolute atomic E-state index is 6.62. The molecular formula is C51H29N5O2. The molecule has 5 aromatic heterocycles. The van der Waals surface area contributed by atoms with Gasteiger partial charge in [0.2, 0.25) is 5.95 Å². The second kappa shape index (κ2) is 11.7. The SMILES string of the molecule is c1ccc(-c2nc(-c3ccccc3-n3c4ccccc4c4c5oc6ccccc6c5ccc43)nc(-n3c4ccccc4c4c5oc6ccccc6c5ccc43)n2)cc1. The van der Waals surface area contributed by atoms with E-state index in [2.05, 4.69) is 130 Å². The fraction of sp³-hybridized carbons (Fsp3) is 0. The first-order valence-electron chi connectivity index (χ1n) is 19.4. The number of para-hydroxylation sites is 5. The smallest absolute Gasteiger partial charge is 0.238 e. The summed E-state index contributed by atoms with van der Waals surface area (Å²) in [6.45, 7) is 0. The van der Waals surface area contributed by atoms with E-state index < -0.39 is 0 Å². The summed E-state index contributed by atoms with van der Waals surface area (Å²) < 4.78 is 17.7. The summed E-state index contributed by atoms with van der Waals surface area (Å²) in [5.74, 6) is 1.66. The van der Waals surface area contributed by atoms with Crippen molar-refractivity contribution in [3.63, 3.8) is 0 Å². The van der Waals surface area contributed by atoms with E-state index in [-0.39, 0.29) is 0 Å². The highest BCUT2D eigenvalue weighted by molar-refractivity contribution is 6.25. The zero-order valence-corrected chi connectivity index (χ0v) is 30.8. The van der Waals surface area contributed by atoms with Crippen molar-refractivity contribution in [3.8, 4) is 34.4 Å². The topological polar surface area (TPSA) is 74.8 Å². The van der Waals surface area contributed by atoms with Crippen LogP contribution in [-0.4, -0.2) is 24.1 Å². The summed E-state index contributed by atoms with van der Waals surface area (Å²) in [6.07, 6.45) is 0. The summed E-state index contributed by atoms with van der Waals surface area (Å²) in [5.41, 5.74) is 10.2. The van der Waals surface area contributed by atoms with Crippen molar-refractivity contribution in [2.75, 3.05) is 0 Å². The van der Waals surface area contributed by atoms with Gasteiger partial charge < -0.3 is 13.4 Å². The lowest BCUT2D eigenvalue weighted by molar-refractivity contribution is 0.672. The number of rotatable bonds is 4. The highest BCUT2D eigenvalue weighted by Gasteiger charge is 2.24. The number of benzene rings is 8. The minimum atomic E-state index is 0.520. The number of fused-ring (bicyclic) bond motifs is 14. The molecule has 8 aromatic carbocycles. The maximum Gasteiger partial charge on any atom is 0.238 e. The quantitative estimate of drug-likeness (QED) is 0.179. The zero-order valence-electron chi connectivity index (χ0n) is 30.8. The number of nitrogens with zero attached hydrogens (tertiary/aromatic N) is 5. The van der Waals surface area contributed by atoms with Crippen molar-refractivity contribution in [1.82, 2.24) is 24.1 Å². The van der Waals surface area contributed by atoms with Gasteiger partial charge in [-0.1, -0.05) is 115 Å². The van der Waals surface area contributed by atoms with E-state index in [1.54, 1.807) is 0 Å². The van der Waals surface area contributed by atoms with Gasteiger partial charge in [0.25, 0.3) is 0 Å². The maximum atomic E-state index is 6.62. The van der Waals surface area contributed by atoms with Gasteiger partial charge >= 0.3 is 0 Å². The summed E-state index contributed by atoms with van der Waals surface area (Å²) in [4.78, 5) is 15.9. The van der Waals surface area contributed by atoms with Crippen molar-refractivity contribution in [3.05, 3.63) is 176 Å². The Morgan fingerprint density at radius 2 is 0.845 bits per heavy atom. The summed E-state index contributed by atoms with van der Waals surface area (Å²) >= 11 is 0. The molecule has 0 aliphatic rings. The summed E-state index contributed by atoms with van der Waals surface area (Å²) in [6, 6.07) is 60.6. The summed E-state index contributed by atoms with van der Waals surface area (Å²) in [7, 11) is 0. The average Bonchev–Trinajstić information content (AvgIpc) is 4.04. The molecule has 13 rings (SSSR count). The first-order valence-corrected chi connectivity index (χ1v) is 19.4. The minimum absolute atomic E-state index is 0.520. The number of hydrogen-bond donors (Lipinski definition) is 0. The Morgan fingerprint density at radius 3 is 1.50 bits per heavy atom. The van der Waals surface area contributed by atoms with E-state index in [9.17, 15) is 0 Å². The van der Waals surface area contributed by atoms with Gasteiger partial charge in [-0.25, -0.2) is 4.98 Å². The Kier molecular flexibility index (Phi) is 6.32. The normalized spacial score (nSPS) is 12.1. The molecule has 0 radical (unpaired) electrons. The van der Waals surface area contributed by atoms with Gasteiger partial charge in [0.1, 0.15) is 22.3 Å². The van der Waals surface area contributed by atoms with E-state index >= 15 is 0 Å². The number of aromatic nitrogens is 5. The highest BCUT2D eigenvalue weighted by atomic mass is 16.3.